The van der Waals surface area contributed by atoms with Gasteiger partial charge in [0.2, 0.25) is 5.91 Å². The summed E-state index contributed by atoms with van der Waals surface area (Å²) in [4.78, 5) is 12.7. The maximum Gasteiger partial charge on any atom is 0.220 e. The van der Waals surface area contributed by atoms with Crippen molar-refractivity contribution < 1.29 is 18.8 Å². The zero-order valence-corrected chi connectivity index (χ0v) is 19.2. The van der Waals surface area contributed by atoms with Crippen LogP contribution in [-0.2, 0) is 17.8 Å². The molecule has 0 aliphatic carbocycles. The third kappa shape index (κ3) is 5.93. The van der Waals surface area contributed by atoms with Crippen LogP contribution in [0.2, 0.25) is 0 Å². The lowest BCUT2D eigenvalue weighted by Crippen LogP contribution is -2.40. The van der Waals surface area contributed by atoms with E-state index in [4.69, 9.17) is 14.0 Å². The highest BCUT2D eigenvalue weighted by Crippen LogP contribution is 2.29. The molecule has 3 aromatic rings. The number of amides is 1. The summed E-state index contributed by atoms with van der Waals surface area (Å²) in [5.74, 6) is 3.02. The van der Waals surface area contributed by atoms with E-state index in [2.05, 4.69) is 15.8 Å². The van der Waals surface area contributed by atoms with E-state index in [1.54, 1.807) is 14.2 Å². The topological polar surface area (TPSA) is 85.6 Å². The number of nitrogens with one attached hydrogen (secondary N) is 2. The Morgan fingerprint density at radius 2 is 1.94 bits per heavy atom. The molecule has 174 valence electrons. The van der Waals surface area contributed by atoms with Gasteiger partial charge < -0.3 is 24.6 Å². The van der Waals surface area contributed by atoms with Crippen molar-refractivity contribution in [1.82, 2.24) is 15.8 Å². The number of aromatic nitrogens is 1. The van der Waals surface area contributed by atoms with Gasteiger partial charge in [0.25, 0.3) is 0 Å². The average Bonchev–Trinajstić information content (AvgIpc) is 3.32. The van der Waals surface area contributed by atoms with Gasteiger partial charge in [-0.25, -0.2) is 0 Å². The lowest BCUT2D eigenvalue weighted by molar-refractivity contribution is -0.122. The quantitative estimate of drug-likeness (QED) is 0.516. The summed E-state index contributed by atoms with van der Waals surface area (Å²) < 4.78 is 16.2. The molecular formula is C26H31N3O4. The fourth-order valence-corrected chi connectivity index (χ4v) is 4.41. The first-order valence-electron chi connectivity index (χ1n) is 11.4. The summed E-state index contributed by atoms with van der Waals surface area (Å²) in [5, 5.41) is 10.8. The Labute approximate surface area is 194 Å². The Balaban J connectivity index is 1.34. The minimum absolute atomic E-state index is 0.0666. The number of carbonyl (C=O) groups is 1. The molecule has 0 spiro atoms. The van der Waals surface area contributed by atoms with Gasteiger partial charge >= 0.3 is 0 Å². The van der Waals surface area contributed by atoms with Gasteiger partial charge in [0.05, 0.1) is 19.9 Å². The molecule has 7 heteroatoms. The first-order chi connectivity index (χ1) is 16.2. The molecule has 4 rings (SSSR count). The molecule has 1 fully saturated rings. The minimum atomic E-state index is 0.0666. The van der Waals surface area contributed by atoms with Crippen molar-refractivity contribution in [3.8, 4) is 22.8 Å². The molecule has 2 atom stereocenters. The summed E-state index contributed by atoms with van der Waals surface area (Å²) in [7, 11) is 3.29. The number of para-hydroxylation sites is 1. The van der Waals surface area contributed by atoms with Crippen LogP contribution in [0.5, 0.6) is 11.5 Å². The molecule has 33 heavy (non-hydrogen) atoms. The molecule has 7 nitrogen and oxygen atoms in total. The molecule has 2 heterocycles. The number of methoxy groups -OCH3 is 2. The molecule has 0 bridgehead atoms. The van der Waals surface area contributed by atoms with Crippen molar-refractivity contribution in [1.29, 1.82) is 0 Å². The van der Waals surface area contributed by atoms with Gasteiger partial charge in [0.1, 0.15) is 11.5 Å². The van der Waals surface area contributed by atoms with E-state index < -0.39 is 0 Å². The lowest BCUT2D eigenvalue weighted by atomic mass is 9.81. The number of hydrogen-bond acceptors (Lipinski definition) is 6. The SMILES string of the molecule is COc1ccc(-c2cc(CC3CNCCC3CC(=O)NCc3ccccc3OC)no2)cc1. The van der Waals surface area contributed by atoms with E-state index >= 15 is 0 Å². The number of benzene rings is 2. The summed E-state index contributed by atoms with van der Waals surface area (Å²) >= 11 is 0. The van der Waals surface area contributed by atoms with E-state index in [-0.39, 0.29) is 5.91 Å². The molecule has 0 radical (unpaired) electrons. The van der Waals surface area contributed by atoms with Gasteiger partial charge in [-0.3, -0.25) is 4.79 Å². The zero-order chi connectivity index (χ0) is 23.0. The highest BCUT2D eigenvalue weighted by Gasteiger charge is 2.28. The monoisotopic (exact) mass is 449 g/mol. The molecule has 1 saturated heterocycles. The Kier molecular flexibility index (Phi) is 7.62. The van der Waals surface area contributed by atoms with Crippen LogP contribution in [0.3, 0.4) is 0 Å². The van der Waals surface area contributed by atoms with Crippen LogP contribution in [0, 0.1) is 11.8 Å². The van der Waals surface area contributed by atoms with Crippen LogP contribution in [-0.4, -0.2) is 38.4 Å². The van der Waals surface area contributed by atoms with E-state index in [1.165, 1.54) is 0 Å². The number of rotatable bonds is 9. The van der Waals surface area contributed by atoms with E-state index in [1.807, 2.05) is 54.6 Å². The summed E-state index contributed by atoms with van der Waals surface area (Å²) in [5.41, 5.74) is 2.85. The van der Waals surface area contributed by atoms with Gasteiger partial charge in [0, 0.05) is 30.2 Å². The minimum Gasteiger partial charge on any atom is -0.497 e. The second-order valence-corrected chi connectivity index (χ2v) is 8.42. The molecule has 2 N–H and O–H groups in total. The van der Waals surface area contributed by atoms with Crippen LogP contribution in [0.1, 0.15) is 24.1 Å². The van der Waals surface area contributed by atoms with Gasteiger partial charge in [0.15, 0.2) is 5.76 Å². The largest absolute Gasteiger partial charge is 0.497 e. The fourth-order valence-electron chi connectivity index (χ4n) is 4.41. The van der Waals surface area contributed by atoms with Crippen LogP contribution in [0.15, 0.2) is 59.1 Å². The van der Waals surface area contributed by atoms with E-state index in [9.17, 15) is 4.79 Å². The number of nitrogens with zero attached hydrogens (tertiary/aromatic N) is 1. The van der Waals surface area contributed by atoms with Crippen molar-refractivity contribution in [3.05, 3.63) is 65.9 Å². The maximum absolute atomic E-state index is 12.7. The number of carbonyl (C=O) groups excluding carboxylic acids is 1. The van der Waals surface area contributed by atoms with Crippen molar-refractivity contribution in [3.63, 3.8) is 0 Å². The first kappa shape index (κ1) is 22.9. The molecule has 2 aromatic carbocycles. The summed E-state index contributed by atoms with van der Waals surface area (Å²) in [6.07, 6.45) is 2.25. The standard InChI is InChI=1S/C26H31N3O4/c1-31-23-9-7-18(8-10-23)25-15-22(29-33-25)13-21-16-27-12-11-19(21)14-26(30)28-17-20-5-3-4-6-24(20)32-2/h3-10,15,19,21,27H,11-14,16-17H2,1-2H3,(H,28,30). The third-order valence-corrected chi connectivity index (χ3v) is 6.29. The van der Waals surface area contributed by atoms with Crippen LogP contribution in [0.25, 0.3) is 11.3 Å². The van der Waals surface area contributed by atoms with Crippen molar-refractivity contribution in [2.75, 3.05) is 27.3 Å². The molecular weight excluding hydrogens is 418 g/mol. The van der Waals surface area contributed by atoms with Gasteiger partial charge in [-0.05, 0) is 68.1 Å². The second-order valence-electron chi connectivity index (χ2n) is 8.42. The summed E-state index contributed by atoms with van der Waals surface area (Å²) in [6, 6.07) is 17.5. The Bertz CT molecular complexity index is 1050. The second kappa shape index (κ2) is 11.0. The average molecular weight is 450 g/mol. The third-order valence-electron chi connectivity index (χ3n) is 6.29. The van der Waals surface area contributed by atoms with Crippen LogP contribution in [0.4, 0.5) is 0 Å². The zero-order valence-electron chi connectivity index (χ0n) is 19.2. The Hall–Kier alpha value is -3.32. The fraction of sp³-hybridized carbons (Fsp3) is 0.385. The highest BCUT2D eigenvalue weighted by molar-refractivity contribution is 5.76. The number of piperidine rings is 1. The molecule has 0 saturated carbocycles. The molecule has 1 aromatic heterocycles. The van der Waals surface area contributed by atoms with E-state index in [0.717, 1.165) is 60.0 Å². The summed E-state index contributed by atoms with van der Waals surface area (Å²) in [6.45, 7) is 2.26. The molecule has 1 aliphatic heterocycles. The van der Waals surface area contributed by atoms with E-state index in [0.29, 0.717) is 24.8 Å². The smallest absolute Gasteiger partial charge is 0.220 e. The van der Waals surface area contributed by atoms with Crippen molar-refractivity contribution >= 4 is 5.91 Å². The molecule has 2 unspecified atom stereocenters. The lowest BCUT2D eigenvalue weighted by Gasteiger charge is -2.31. The van der Waals surface area contributed by atoms with Gasteiger partial charge in [-0.1, -0.05) is 23.4 Å². The normalized spacial score (nSPS) is 18.0. The van der Waals surface area contributed by atoms with Crippen molar-refractivity contribution in [2.24, 2.45) is 11.8 Å². The first-order valence-corrected chi connectivity index (χ1v) is 11.4. The number of ether oxygens (including phenoxy) is 2. The molecule has 1 aliphatic rings. The van der Waals surface area contributed by atoms with Gasteiger partial charge in [-0.2, -0.15) is 0 Å². The number of hydrogen-bond donors (Lipinski definition) is 2. The highest BCUT2D eigenvalue weighted by atomic mass is 16.5. The van der Waals surface area contributed by atoms with Crippen molar-refractivity contribution in [2.45, 2.75) is 25.8 Å². The van der Waals surface area contributed by atoms with Crippen LogP contribution < -0.4 is 20.1 Å². The van der Waals surface area contributed by atoms with Crippen LogP contribution >= 0.6 is 0 Å². The van der Waals surface area contributed by atoms with Gasteiger partial charge in [-0.15, -0.1) is 0 Å². The predicted octanol–water partition coefficient (Wildman–Crippen LogP) is 3.83. The Morgan fingerprint density at radius 3 is 2.73 bits per heavy atom. The maximum atomic E-state index is 12.7. The molecule has 1 amide bonds. The predicted molar refractivity (Wildman–Crippen MR) is 126 cm³/mol. The Morgan fingerprint density at radius 1 is 1.12 bits per heavy atom.